The van der Waals surface area contributed by atoms with Gasteiger partial charge in [0.15, 0.2) is 0 Å². The summed E-state index contributed by atoms with van der Waals surface area (Å²) < 4.78 is 5.63. The molecule has 2 rings (SSSR count). The van der Waals surface area contributed by atoms with Gasteiger partial charge in [0.25, 0.3) is 5.91 Å². The number of nitrogens with one attached hydrogen (secondary N) is 1. The zero-order valence-corrected chi connectivity index (χ0v) is 11.7. The predicted molar refractivity (Wildman–Crippen MR) is 74.3 cm³/mol. The highest BCUT2D eigenvalue weighted by Gasteiger charge is 2.26. The molecule has 1 saturated heterocycles. The first kappa shape index (κ1) is 13.8. The van der Waals surface area contributed by atoms with Crippen LogP contribution in [0.1, 0.15) is 31.1 Å². The molecule has 1 aliphatic heterocycles. The quantitative estimate of drug-likeness (QED) is 0.903. The van der Waals surface area contributed by atoms with Gasteiger partial charge < -0.3 is 15.0 Å². The van der Waals surface area contributed by atoms with Crippen LogP contribution < -0.4 is 5.32 Å². The third kappa shape index (κ3) is 3.44. The summed E-state index contributed by atoms with van der Waals surface area (Å²) in [5.74, 6) is 0.820. The van der Waals surface area contributed by atoms with Gasteiger partial charge >= 0.3 is 0 Å². The third-order valence-electron chi connectivity index (χ3n) is 3.08. The summed E-state index contributed by atoms with van der Waals surface area (Å²) in [6, 6.07) is 3.65. The van der Waals surface area contributed by atoms with E-state index >= 15 is 0 Å². The number of anilines is 1. The van der Waals surface area contributed by atoms with Gasteiger partial charge in [-0.25, -0.2) is 4.98 Å². The lowest BCUT2D eigenvalue weighted by Crippen LogP contribution is -2.48. The number of rotatable bonds is 3. The van der Waals surface area contributed by atoms with E-state index in [-0.39, 0.29) is 18.1 Å². The highest BCUT2D eigenvalue weighted by molar-refractivity contribution is 5.94. The Morgan fingerprint density at radius 2 is 2.11 bits per heavy atom. The number of ether oxygens (including phenoxy) is 1. The fourth-order valence-corrected chi connectivity index (χ4v) is 2.33. The van der Waals surface area contributed by atoms with Crippen LogP contribution >= 0.6 is 0 Å². The molecule has 1 aliphatic rings. The Bertz CT molecular complexity index is 423. The van der Waals surface area contributed by atoms with Crippen LogP contribution in [0.5, 0.6) is 0 Å². The SMILES string of the molecule is CCNc1ccc(C(=O)N2C[C@@H](C)O[C@@H](C)C2)cn1. The Hall–Kier alpha value is -1.62. The zero-order valence-electron chi connectivity index (χ0n) is 11.7. The lowest BCUT2D eigenvalue weighted by Gasteiger charge is -2.35. The van der Waals surface area contributed by atoms with Gasteiger partial charge in [0.1, 0.15) is 5.82 Å². The highest BCUT2D eigenvalue weighted by atomic mass is 16.5. The number of pyridine rings is 1. The van der Waals surface area contributed by atoms with E-state index in [4.69, 9.17) is 4.74 Å². The van der Waals surface area contributed by atoms with Gasteiger partial charge in [0, 0.05) is 25.8 Å². The second kappa shape index (κ2) is 6.02. The van der Waals surface area contributed by atoms with Crippen molar-refractivity contribution in [2.75, 3.05) is 25.0 Å². The maximum atomic E-state index is 12.4. The van der Waals surface area contributed by atoms with Crippen LogP contribution in [0, 0.1) is 0 Å². The lowest BCUT2D eigenvalue weighted by atomic mass is 10.2. The second-order valence-electron chi connectivity index (χ2n) is 4.93. The number of morpholine rings is 1. The molecule has 0 saturated carbocycles. The molecule has 1 aromatic rings. The van der Waals surface area contributed by atoms with Crippen molar-refractivity contribution < 1.29 is 9.53 Å². The van der Waals surface area contributed by atoms with E-state index < -0.39 is 0 Å². The van der Waals surface area contributed by atoms with Gasteiger partial charge in [0.05, 0.1) is 17.8 Å². The summed E-state index contributed by atoms with van der Waals surface area (Å²) in [4.78, 5) is 18.4. The van der Waals surface area contributed by atoms with E-state index in [2.05, 4.69) is 10.3 Å². The molecule has 0 aliphatic carbocycles. The number of hydrogen-bond donors (Lipinski definition) is 1. The summed E-state index contributed by atoms with van der Waals surface area (Å²) in [6.45, 7) is 8.08. The van der Waals surface area contributed by atoms with Crippen molar-refractivity contribution in [2.24, 2.45) is 0 Å². The van der Waals surface area contributed by atoms with E-state index in [0.717, 1.165) is 12.4 Å². The third-order valence-corrected chi connectivity index (χ3v) is 3.08. The van der Waals surface area contributed by atoms with Crippen molar-refractivity contribution in [3.8, 4) is 0 Å². The van der Waals surface area contributed by atoms with Gasteiger partial charge in [-0.15, -0.1) is 0 Å². The normalized spacial score (nSPS) is 23.2. The Morgan fingerprint density at radius 3 is 2.63 bits per heavy atom. The Labute approximate surface area is 114 Å². The summed E-state index contributed by atoms with van der Waals surface area (Å²) in [6.07, 6.45) is 1.80. The first-order valence-corrected chi connectivity index (χ1v) is 6.74. The van der Waals surface area contributed by atoms with Crippen LogP contribution in [0.3, 0.4) is 0 Å². The molecule has 2 heterocycles. The maximum Gasteiger partial charge on any atom is 0.255 e. The molecule has 1 amide bonds. The Morgan fingerprint density at radius 1 is 1.42 bits per heavy atom. The molecule has 1 aromatic heterocycles. The summed E-state index contributed by atoms with van der Waals surface area (Å²) >= 11 is 0. The van der Waals surface area contributed by atoms with E-state index in [1.807, 2.05) is 37.8 Å². The number of hydrogen-bond acceptors (Lipinski definition) is 4. The van der Waals surface area contributed by atoms with Crippen LogP contribution in [0.2, 0.25) is 0 Å². The van der Waals surface area contributed by atoms with Crippen molar-refractivity contribution in [3.63, 3.8) is 0 Å². The minimum absolute atomic E-state index is 0.0255. The number of amides is 1. The molecule has 0 spiro atoms. The smallest absolute Gasteiger partial charge is 0.255 e. The minimum atomic E-state index is 0.0255. The first-order chi connectivity index (χ1) is 9.10. The Kier molecular flexibility index (Phi) is 4.37. The first-order valence-electron chi connectivity index (χ1n) is 6.74. The summed E-state index contributed by atoms with van der Waals surface area (Å²) in [7, 11) is 0. The molecule has 19 heavy (non-hydrogen) atoms. The van der Waals surface area contributed by atoms with Crippen LogP contribution in [0.15, 0.2) is 18.3 Å². The zero-order chi connectivity index (χ0) is 13.8. The van der Waals surface area contributed by atoms with Crippen molar-refractivity contribution >= 4 is 11.7 Å². The highest BCUT2D eigenvalue weighted by Crippen LogP contribution is 2.14. The standard InChI is InChI=1S/C14H21N3O2/c1-4-15-13-6-5-12(7-16-13)14(18)17-8-10(2)19-11(3)9-17/h5-7,10-11H,4,8-9H2,1-3H3,(H,15,16)/t10-,11+. The van der Waals surface area contributed by atoms with Gasteiger partial charge in [-0.2, -0.15) is 0 Å². The van der Waals surface area contributed by atoms with Crippen LogP contribution in [-0.4, -0.2) is 47.6 Å². The molecule has 5 nitrogen and oxygen atoms in total. The number of carbonyl (C=O) groups excluding carboxylic acids is 1. The molecule has 5 heteroatoms. The van der Waals surface area contributed by atoms with Crippen molar-refractivity contribution in [2.45, 2.75) is 33.0 Å². The minimum Gasteiger partial charge on any atom is -0.372 e. The van der Waals surface area contributed by atoms with E-state index in [1.54, 1.807) is 6.20 Å². The molecule has 104 valence electrons. The van der Waals surface area contributed by atoms with Crippen LogP contribution in [-0.2, 0) is 4.74 Å². The van der Waals surface area contributed by atoms with Crippen molar-refractivity contribution in [1.29, 1.82) is 0 Å². The topological polar surface area (TPSA) is 54.5 Å². The number of carbonyl (C=O) groups is 1. The molecule has 0 unspecified atom stereocenters. The largest absolute Gasteiger partial charge is 0.372 e. The lowest BCUT2D eigenvalue weighted by molar-refractivity contribution is -0.0586. The molecular formula is C14H21N3O2. The molecule has 1 N–H and O–H groups in total. The number of nitrogens with zero attached hydrogens (tertiary/aromatic N) is 2. The average Bonchev–Trinajstić information content (AvgIpc) is 2.38. The van der Waals surface area contributed by atoms with Crippen LogP contribution in [0.25, 0.3) is 0 Å². The maximum absolute atomic E-state index is 12.4. The second-order valence-corrected chi connectivity index (χ2v) is 4.93. The van der Waals surface area contributed by atoms with Gasteiger partial charge in [-0.3, -0.25) is 4.79 Å². The van der Waals surface area contributed by atoms with Crippen LogP contribution in [0.4, 0.5) is 5.82 Å². The van der Waals surface area contributed by atoms with E-state index in [1.165, 1.54) is 0 Å². The molecular weight excluding hydrogens is 242 g/mol. The molecule has 0 radical (unpaired) electrons. The Balaban J connectivity index is 2.06. The number of aromatic nitrogens is 1. The fourth-order valence-electron chi connectivity index (χ4n) is 2.33. The van der Waals surface area contributed by atoms with Crippen molar-refractivity contribution in [1.82, 2.24) is 9.88 Å². The summed E-state index contributed by atoms with van der Waals surface area (Å²) in [5, 5.41) is 3.11. The monoisotopic (exact) mass is 263 g/mol. The molecule has 2 atom stereocenters. The predicted octanol–water partition coefficient (Wildman–Crippen LogP) is 1.76. The molecule has 0 aromatic carbocycles. The molecule has 0 bridgehead atoms. The fraction of sp³-hybridized carbons (Fsp3) is 0.571. The van der Waals surface area contributed by atoms with E-state index in [9.17, 15) is 4.79 Å². The van der Waals surface area contributed by atoms with Gasteiger partial charge in [-0.1, -0.05) is 0 Å². The molecule has 1 fully saturated rings. The van der Waals surface area contributed by atoms with Crippen molar-refractivity contribution in [3.05, 3.63) is 23.9 Å². The van der Waals surface area contributed by atoms with E-state index in [0.29, 0.717) is 18.7 Å². The van der Waals surface area contributed by atoms with Gasteiger partial charge in [-0.05, 0) is 32.9 Å². The summed E-state index contributed by atoms with van der Waals surface area (Å²) in [5.41, 5.74) is 0.628. The average molecular weight is 263 g/mol. The van der Waals surface area contributed by atoms with Gasteiger partial charge in [0.2, 0.25) is 0 Å².